The molecular formula is C26H22FN7O. The van der Waals surface area contributed by atoms with E-state index < -0.39 is 0 Å². The number of amides is 2. The Hall–Kier alpha value is -4.66. The van der Waals surface area contributed by atoms with Crippen LogP contribution < -0.4 is 10.6 Å². The zero-order valence-electron chi connectivity index (χ0n) is 18.7. The molecule has 4 N–H and O–H groups in total. The van der Waals surface area contributed by atoms with Gasteiger partial charge in [0, 0.05) is 47.1 Å². The van der Waals surface area contributed by atoms with Gasteiger partial charge in [-0.2, -0.15) is 5.10 Å². The molecule has 1 aliphatic rings. The summed E-state index contributed by atoms with van der Waals surface area (Å²) in [5, 5.41) is 15.3. The van der Waals surface area contributed by atoms with Gasteiger partial charge < -0.3 is 20.5 Å². The molecule has 6 rings (SSSR count). The Morgan fingerprint density at radius 2 is 2.03 bits per heavy atom. The van der Waals surface area contributed by atoms with E-state index in [4.69, 9.17) is 0 Å². The lowest BCUT2D eigenvalue weighted by Crippen LogP contribution is -2.37. The minimum atomic E-state index is -0.382. The number of pyridine rings is 1. The Labute approximate surface area is 199 Å². The minimum Gasteiger partial charge on any atom is -0.355 e. The number of anilines is 3. The summed E-state index contributed by atoms with van der Waals surface area (Å²) in [7, 11) is 0. The van der Waals surface area contributed by atoms with E-state index in [0.29, 0.717) is 25.2 Å². The summed E-state index contributed by atoms with van der Waals surface area (Å²) in [4.78, 5) is 22.2. The Balaban J connectivity index is 1.19. The van der Waals surface area contributed by atoms with Crippen LogP contribution in [0.5, 0.6) is 0 Å². The highest BCUT2D eigenvalue weighted by atomic mass is 19.1. The van der Waals surface area contributed by atoms with Crippen LogP contribution >= 0.6 is 0 Å². The van der Waals surface area contributed by atoms with E-state index in [0.717, 1.165) is 44.6 Å². The highest BCUT2D eigenvalue weighted by Crippen LogP contribution is 2.31. The number of urea groups is 1. The average Bonchev–Trinajstić information content (AvgIpc) is 3.51. The highest BCUT2D eigenvalue weighted by molar-refractivity contribution is 5.95. The first-order chi connectivity index (χ1) is 17.1. The third-order valence-electron chi connectivity index (χ3n) is 6.17. The van der Waals surface area contributed by atoms with Crippen LogP contribution in [0.3, 0.4) is 0 Å². The van der Waals surface area contributed by atoms with E-state index in [2.05, 4.69) is 36.9 Å². The van der Waals surface area contributed by atoms with Gasteiger partial charge in [-0.1, -0.05) is 12.1 Å². The maximum absolute atomic E-state index is 13.4. The van der Waals surface area contributed by atoms with Gasteiger partial charge in [-0.05, 0) is 60.5 Å². The molecule has 0 spiro atoms. The van der Waals surface area contributed by atoms with Gasteiger partial charge in [-0.3, -0.25) is 5.10 Å². The zero-order chi connectivity index (χ0) is 23.8. The van der Waals surface area contributed by atoms with Crippen molar-refractivity contribution in [1.82, 2.24) is 25.1 Å². The number of nitrogens with one attached hydrogen (secondary N) is 4. The molecular weight excluding hydrogens is 445 g/mol. The summed E-state index contributed by atoms with van der Waals surface area (Å²) >= 11 is 0. The zero-order valence-corrected chi connectivity index (χ0v) is 18.7. The summed E-state index contributed by atoms with van der Waals surface area (Å²) in [5.41, 5.74) is 6.25. The molecule has 3 aromatic heterocycles. The average molecular weight is 468 g/mol. The Kier molecular flexibility index (Phi) is 5.14. The summed E-state index contributed by atoms with van der Waals surface area (Å²) < 4.78 is 13.4. The van der Waals surface area contributed by atoms with Crippen LogP contribution in [-0.2, 0) is 0 Å². The third-order valence-corrected chi connectivity index (χ3v) is 6.17. The number of H-pyrrole nitrogens is 2. The molecule has 0 radical (unpaired) electrons. The first kappa shape index (κ1) is 20.9. The van der Waals surface area contributed by atoms with Crippen LogP contribution in [0.2, 0.25) is 0 Å². The number of halogens is 1. The van der Waals surface area contributed by atoms with Crippen LogP contribution in [0.1, 0.15) is 12.1 Å². The number of benzene rings is 2. The molecule has 4 heterocycles. The number of hydrogen-bond acceptors (Lipinski definition) is 4. The SMILES string of the molecule is O=C(Nc1cccc(F)c1)N1CC=C(c2cc3c(Nc4ccc5[nH]ncc5c4)ccnc3[nH]2)CC1. The topological polar surface area (TPSA) is 102 Å². The molecule has 35 heavy (non-hydrogen) atoms. The van der Waals surface area contributed by atoms with Gasteiger partial charge in [-0.25, -0.2) is 14.2 Å². The first-order valence-electron chi connectivity index (χ1n) is 11.3. The van der Waals surface area contributed by atoms with Gasteiger partial charge in [0.15, 0.2) is 0 Å². The van der Waals surface area contributed by atoms with E-state index >= 15 is 0 Å². The molecule has 9 heteroatoms. The van der Waals surface area contributed by atoms with Crippen LogP contribution in [0.15, 0.2) is 73.1 Å². The number of aromatic nitrogens is 4. The molecule has 0 atom stereocenters. The first-order valence-corrected chi connectivity index (χ1v) is 11.3. The molecule has 2 aromatic carbocycles. The maximum atomic E-state index is 13.4. The number of hydrogen-bond donors (Lipinski definition) is 4. The van der Waals surface area contributed by atoms with Gasteiger partial charge in [0.05, 0.1) is 17.4 Å². The standard InChI is InChI=1S/C26H22FN7O/c27-18-2-1-3-19(13-18)31-26(35)34-10-7-16(8-11-34)24-14-21-23(6-9-28-25(21)32-24)30-20-4-5-22-17(12-20)15-29-33-22/h1-7,9,12-15H,8,10-11H2,(H,29,33)(H,31,35)(H2,28,30,32). The van der Waals surface area contributed by atoms with Crippen LogP contribution in [0, 0.1) is 5.82 Å². The highest BCUT2D eigenvalue weighted by Gasteiger charge is 2.20. The van der Waals surface area contributed by atoms with E-state index in [-0.39, 0.29) is 11.8 Å². The van der Waals surface area contributed by atoms with Gasteiger partial charge in [0.1, 0.15) is 11.5 Å². The van der Waals surface area contributed by atoms with E-state index in [1.54, 1.807) is 29.4 Å². The summed E-state index contributed by atoms with van der Waals surface area (Å²) in [5.74, 6) is -0.382. The van der Waals surface area contributed by atoms with E-state index in [9.17, 15) is 9.18 Å². The van der Waals surface area contributed by atoms with E-state index in [1.807, 2.05) is 30.3 Å². The molecule has 0 aliphatic carbocycles. The fraction of sp³-hybridized carbons (Fsp3) is 0.115. The van der Waals surface area contributed by atoms with Gasteiger partial charge in [0.25, 0.3) is 0 Å². The largest absolute Gasteiger partial charge is 0.355 e. The minimum absolute atomic E-state index is 0.245. The molecule has 5 aromatic rings. The fourth-order valence-corrected chi connectivity index (χ4v) is 4.35. The second-order valence-electron chi connectivity index (χ2n) is 8.47. The Morgan fingerprint density at radius 1 is 1.09 bits per heavy atom. The molecule has 0 bridgehead atoms. The van der Waals surface area contributed by atoms with Crippen molar-refractivity contribution < 1.29 is 9.18 Å². The molecule has 2 amide bonds. The Morgan fingerprint density at radius 3 is 2.89 bits per heavy atom. The van der Waals surface area contributed by atoms with Gasteiger partial charge in [0.2, 0.25) is 0 Å². The molecule has 8 nitrogen and oxygen atoms in total. The van der Waals surface area contributed by atoms with Crippen molar-refractivity contribution in [1.29, 1.82) is 0 Å². The lowest BCUT2D eigenvalue weighted by Gasteiger charge is -2.26. The van der Waals surface area contributed by atoms with Gasteiger partial charge in [-0.15, -0.1) is 0 Å². The van der Waals surface area contributed by atoms with Crippen molar-refractivity contribution in [3.8, 4) is 0 Å². The molecule has 0 fully saturated rings. The monoisotopic (exact) mass is 467 g/mol. The molecule has 0 saturated heterocycles. The van der Waals surface area contributed by atoms with Crippen molar-refractivity contribution in [2.45, 2.75) is 6.42 Å². The molecule has 174 valence electrons. The van der Waals surface area contributed by atoms with Crippen LogP contribution in [0.4, 0.5) is 26.2 Å². The smallest absolute Gasteiger partial charge is 0.322 e. The second kappa shape index (κ2) is 8.60. The number of carbonyl (C=O) groups excluding carboxylic acids is 1. The summed E-state index contributed by atoms with van der Waals surface area (Å²) in [6, 6.07) is 15.7. The number of nitrogens with zero attached hydrogens (tertiary/aromatic N) is 3. The summed E-state index contributed by atoms with van der Waals surface area (Å²) in [6.07, 6.45) is 6.31. The number of rotatable bonds is 4. The predicted octanol–water partition coefficient (Wildman–Crippen LogP) is 5.64. The van der Waals surface area contributed by atoms with Crippen molar-refractivity contribution in [2.24, 2.45) is 0 Å². The lowest BCUT2D eigenvalue weighted by molar-refractivity contribution is 0.217. The number of fused-ring (bicyclic) bond motifs is 2. The van der Waals surface area contributed by atoms with Crippen LogP contribution in [0.25, 0.3) is 27.5 Å². The van der Waals surface area contributed by atoms with Crippen molar-refractivity contribution in [3.63, 3.8) is 0 Å². The van der Waals surface area contributed by atoms with Gasteiger partial charge >= 0.3 is 6.03 Å². The number of aromatic amines is 2. The van der Waals surface area contributed by atoms with Crippen molar-refractivity contribution in [2.75, 3.05) is 23.7 Å². The van der Waals surface area contributed by atoms with Crippen LogP contribution in [-0.4, -0.2) is 44.2 Å². The lowest BCUT2D eigenvalue weighted by atomic mass is 10.0. The molecule has 0 unspecified atom stereocenters. The maximum Gasteiger partial charge on any atom is 0.322 e. The normalized spacial score (nSPS) is 13.7. The predicted molar refractivity (Wildman–Crippen MR) is 135 cm³/mol. The fourth-order valence-electron chi connectivity index (χ4n) is 4.35. The third kappa shape index (κ3) is 4.19. The quantitative estimate of drug-likeness (QED) is 0.275. The Bertz CT molecular complexity index is 1590. The van der Waals surface area contributed by atoms with Crippen molar-refractivity contribution >= 4 is 50.6 Å². The van der Waals surface area contributed by atoms with Crippen molar-refractivity contribution in [3.05, 3.63) is 84.6 Å². The molecule has 1 aliphatic heterocycles. The molecule has 0 saturated carbocycles. The second-order valence-corrected chi connectivity index (χ2v) is 8.47. The van der Waals surface area contributed by atoms with E-state index in [1.165, 1.54) is 12.1 Å². The number of carbonyl (C=O) groups is 1. The summed E-state index contributed by atoms with van der Waals surface area (Å²) in [6.45, 7) is 1.03.